The van der Waals surface area contributed by atoms with Gasteiger partial charge in [0.2, 0.25) is 0 Å². The molecule has 4 heteroatoms. The van der Waals surface area contributed by atoms with Gasteiger partial charge in [-0.2, -0.15) is 0 Å². The zero-order valence-electron chi connectivity index (χ0n) is 10.1. The van der Waals surface area contributed by atoms with Crippen molar-refractivity contribution < 1.29 is 9.21 Å². The van der Waals surface area contributed by atoms with E-state index >= 15 is 0 Å². The number of hydrogen-bond donors (Lipinski definition) is 2. The third kappa shape index (κ3) is 3.10. The first-order valence-corrected chi connectivity index (χ1v) is 5.66. The fourth-order valence-electron chi connectivity index (χ4n) is 1.36. The second-order valence-corrected chi connectivity index (χ2v) is 4.23. The number of carbonyl (C=O) groups excluding carboxylic acids is 1. The van der Waals surface area contributed by atoms with Crippen molar-refractivity contribution in [2.24, 2.45) is 11.7 Å². The van der Waals surface area contributed by atoms with Gasteiger partial charge in [0.05, 0.1) is 11.8 Å². The average Bonchev–Trinajstić information content (AvgIpc) is 2.73. The number of nitrogens with one attached hydrogen (secondary N) is 1. The Morgan fingerprint density at radius 3 is 2.81 bits per heavy atom. The Bertz CT molecular complexity index is 345. The topological polar surface area (TPSA) is 68.3 Å². The molecule has 0 radical (unpaired) electrons. The quantitative estimate of drug-likeness (QED) is 0.797. The van der Waals surface area contributed by atoms with Crippen LogP contribution in [-0.2, 0) is 6.42 Å². The van der Waals surface area contributed by atoms with E-state index in [2.05, 4.69) is 5.32 Å². The predicted octanol–water partition coefficient (Wildman–Crippen LogP) is 1.56. The van der Waals surface area contributed by atoms with Gasteiger partial charge >= 0.3 is 0 Å². The van der Waals surface area contributed by atoms with Crippen LogP contribution in [0.15, 0.2) is 16.7 Å². The van der Waals surface area contributed by atoms with Crippen molar-refractivity contribution in [2.75, 3.05) is 6.54 Å². The van der Waals surface area contributed by atoms with Gasteiger partial charge in [0.25, 0.3) is 5.91 Å². The summed E-state index contributed by atoms with van der Waals surface area (Å²) in [6, 6.07) is 1.68. The molecule has 3 N–H and O–H groups in total. The summed E-state index contributed by atoms with van der Waals surface area (Å²) in [7, 11) is 0. The average molecular weight is 224 g/mol. The molecule has 1 aromatic heterocycles. The van der Waals surface area contributed by atoms with Crippen molar-refractivity contribution in [2.45, 2.75) is 33.2 Å². The van der Waals surface area contributed by atoms with E-state index in [0.717, 1.165) is 5.76 Å². The van der Waals surface area contributed by atoms with Gasteiger partial charge < -0.3 is 15.5 Å². The lowest BCUT2D eigenvalue weighted by atomic mass is 10.1. The summed E-state index contributed by atoms with van der Waals surface area (Å²) in [6.07, 6.45) is 2.25. The van der Waals surface area contributed by atoms with E-state index in [1.165, 1.54) is 6.26 Å². The Kier molecular flexibility index (Phi) is 4.55. The minimum atomic E-state index is -0.110. The lowest BCUT2D eigenvalue weighted by Gasteiger charge is -2.15. The summed E-state index contributed by atoms with van der Waals surface area (Å²) in [5.41, 5.74) is 6.46. The maximum absolute atomic E-state index is 11.8. The minimum absolute atomic E-state index is 0.0130. The zero-order valence-corrected chi connectivity index (χ0v) is 10.1. The van der Waals surface area contributed by atoms with Crippen molar-refractivity contribution >= 4 is 5.91 Å². The smallest absolute Gasteiger partial charge is 0.254 e. The molecule has 0 aliphatic heterocycles. The fraction of sp³-hybridized carbons (Fsp3) is 0.583. The van der Waals surface area contributed by atoms with Crippen molar-refractivity contribution in [1.82, 2.24) is 5.32 Å². The minimum Gasteiger partial charge on any atom is -0.469 e. The van der Waals surface area contributed by atoms with Gasteiger partial charge in [0.15, 0.2) is 0 Å². The number of rotatable bonds is 5. The highest BCUT2D eigenvalue weighted by Gasteiger charge is 2.14. The highest BCUT2D eigenvalue weighted by Crippen LogP contribution is 2.10. The Hall–Kier alpha value is -1.29. The van der Waals surface area contributed by atoms with E-state index in [1.807, 2.05) is 20.8 Å². The molecule has 16 heavy (non-hydrogen) atoms. The van der Waals surface area contributed by atoms with Crippen LogP contribution in [0.25, 0.3) is 0 Å². The molecule has 0 aromatic carbocycles. The van der Waals surface area contributed by atoms with Crippen LogP contribution in [0, 0.1) is 5.92 Å². The van der Waals surface area contributed by atoms with E-state index in [1.54, 1.807) is 6.07 Å². The van der Waals surface area contributed by atoms with Gasteiger partial charge in [0, 0.05) is 19.0 Å². The molecule has 0 spiro atoms. The predicted molar refractivity (Wildman–Crippen MR) is 63.2 cm³/mol. The van der Waals surface area contributed by atoms with Crippen LogP contribution in [0.2, 0.25) is 0 Å². The third-order valence-corrected chi connectivity index (χ3v) is 2.67. The van der Waals surface area contributed by atoms with Gasteiger partial charge in [-0.25, -0.2) is 0 Å². The number of furan rings is 1. The summed E-state index contributed by atoms with van der Waals surface area (Å²) < 4.78 is 5.20. The first kappa shape index (κ1) is 12.8. The molecule has 1 amide bonds. The summed E-state index contributed by atoms with van der Waals surface area (Å²) >= 11 is 0. The van der Waals surface area contributed by atoms with Crippen LogP contribution in [-0.4, -0.2) is 18.5 Å². The maximum atomic E-state index is 11.8. The maximum Gasteiger partial charge on any atom is 0.254 e. The second kappa shape index (κ2) is 5.70. The van der Waals surface area contributed by atoms with Gasteiger partial charge in [-0.3, -0.25) is 4.79 Å². The molecule has 1 aromatic rings. The SMILES string of the molecule is CCc1occc1C(=O)NCC(N)C(C)C. The van der Waals surface area contributed by atoms with Crippen LogP contribution < -0.4 is 11.1 Å². The number of aryl methyl sites for hydroxylation is 1. The highest BCUT2D eigenvalue weighted by atomic mass is 16.3. The monoisotopic (exact) mass is 224 g/mol. The molecule has 0 saturated heterocycles. The van der Waals surface area contributed by atoms with Crippen molar-refractivity contribution in [3.8, 4) is 0 Å². The number of carbonyl (C=O) groups is 1. The van der Waals surface area contributed by atoms with Crippen LogP contribution in [0.5, 0.6) is 0 Å². The number of hydrogen-bond acceptors (Lipinski definition) is 3. The van der Waals surface area contributed by atoms with E-state index in [0.29, 0.717) is 24.4 Å². The molecule has 1 rings (SSSR count). The van der Waals surface area contributed by atoms with Crippen LogP contribution in [0.4, 0.5) is 0 Å². The van der Waals surface area contributed by atoms with Gasteiger partial charge in [-0.15, -0.1) is 0 Å². The van der Waals surface area contributed by atoms with Crippen LogP contribution >= 0.6 is 0 Å². The molecule has 90 valence electrons. The molecule has 0 bridgehead atoms. The van der Waals surface area contributed by atoms with Gasteiger partial charge in [-0.05, 0) is 12.0 Å². The lowest BCUT2D eigenvalue weighted by Crippen LogP contribution is -2.40. The Balaban J connectivity index is 2.53. The standard InChI is InChI=1S/C12H20N2O2/c1-4-11-9(5-6-16-11)12(15)14-7-10(13)8(2)3/h5-6,8,10H,4,7,13H2,1-3H3,(H,14,15). The number of nitrogens with two attached hydrogens (primary N) is 1. The van der Waals surface area contributed by atoms with E-state index in [-0.39, 0.29) is 11.9 Å². The normalized spacial score (nSPS) is 12.8. The molecule has 1 heterocycles. The summed E-state index contributed by atoms with van der Waals surface area (Å²) in [5.74, 6) is 0.965. The molecular formula is C12H20N2O2. The van der Waals surface area contributed by atoms with Crippen molar-refractivity contribution in [3.05, 3.63) is 23.7 Å². The fourth-order valence-corrected chi connectivity index (χ4v) is 1.36. The molecule has 0 aliphatic carbocycles. The number of amides is 1. The molecule has 0 fully saturated rings. The van der Waals surface area contributed by atoms with E-state index in [4.69, 9.17) is 10.2 Å². The summed E-state index contributed by atoms with van der Waals surface area (Å²) in [6.45, 7) is 6.51. The Labute approximate surface area is 96.2 Å². The van der Waals surface area contributed by atoms with E-state index in [9.17, 15) is 4.79 Å². The van der Waals surface area contributed by atoms with Gasteiger partial charge in [0.1, 0.15) is 5.76 Å². The molecule has 1 unspecified atom stereocenters. The Morgan fingerprint density at radius 1 is 1.56 bits per heavy atom. The van der Waals surface area contributed by atoms with Gasteiger partial charge in [-0.1, -0.05) is 20.8 Å². The first-order chi connectivity index (χ1) is 7.56. The molecule has 1 atom stereocenters. The van der Waals surface area contributed by atoms with E-state index < -0.39 is 0 Å². The summed E-state index contributed by atoms with van der Waals surface area (Å²) in [5, 5.41) is 2.82. The molecule has 0 aliphatic rings. The highest BCUT2D eigenvalue weighted by molar-refractivity contribution is 5.95. The third-order valence-electron chi connectivity index (χ3n) is 2.67. The Morgan fingerprint density at radius 2 is 2.25 bits per heavy atom. The van der Waals surface area contributed by atoms with Crippen molar-refractivity contribution in [1.29, 1.82) is 0 Å². The molecular weight excluding hydrogens is 204 g/mol. The van der Waals surface area contributed by atoms with Crippen LogP contribution in [0.3, 0.4) is 0 Å². The second-order valence-electron chi connectivity index (χ2n) is 4.23. The largest absolute Gasteiger partial charge is 0.469 e. The summed E-state index contributed by atoms with van der Waals surface area (Å²) in [4.78, 5) is 11.8. The molecule has 0 saturated carbocycles. The lowest BCUT2D eigenvalue weighted by molar-refractivity contribution is 0.0947. The molecule has 4 nitrogen and oxygen atoms in total. The zero-order chi connectivity index (χ0) is 12.1. The van der Waals surface area contributed by atoms with Crippen molar-refractivity contribution in [3.63, 3.8) is 0 Å². The first-order valence-electron chi connectivity index (χ1n) is 5.66. The van der Waals surface area contributed by atoms with Crippen LogP contribution in [0.1, 0.15) is 36.9 Å².